The molecule has 0 bridgehead atoms. The minimum atomic E-state index is -4.97. The molecule has 1 aromatic heterocycles. The van der Waals surface area contributed by atoms with Crippen LogP contribution in [0.4, 0.5) is 5.69 Å². The highest BCUT2D eigenvalue weighted by molar-refractivity contribution is 7.91. The molecule has 148 valence electrons. The largest absolute Gasteiger partial charge is 0.436 e. The summed E-state index contributed by atoms with van der Waals surface area (Å²) < 4.78 is 67.9. The second-order valence-electron chi connectivity index (χ2n) is 6.05. The fraction of sp³-hybridized carbons (Fsp3) is 0.125. The number of hydrogen-bond acceptors (Lipinski definition) is 6. The molecule has 0 spiro atoms. The third-order valence-electron chi connectivity index (χ3n) is 4.28. The van der Waals surface area contributed by atoms with Crippen molar-refractivity contribution in [2.45, 2.75) is 5.25 Å². The van der Waals surface area contributed by atoms with Crippen LogP contribution in [0.5, 0.6) is 0 Å². The number of aromatic nitrogens is 1. The molecule has 1 aromatic carbocycles. The van der Waals surface area contributed by atoms with Gasteiger partial charge in [-0.15, -0.1) is 0 Å². The average molecular weight is 426 g/mol. The molecule has 28 heavy (non-hydrogen) atoms. The SMILES string of the molecule is C[N+](C(=O)c1ccc[nH]1)=C1C(S(=O)(=O)O)=CC(S(=O)(=O)O)c2c(N)cccc21. The van der Waals surface area contributed by atoms with Gasteiger partial charge in [0.25, 0.3) is 10.1 Å². The van der Waals surface area contributed by atoms with E-state index >= 15 is 0 Å². The van der Waals surface area contributed by atoms with Gasteiger partial charge >= 0.3 is 16.0 Å². The van der Waals surface area contributed by atoms with Crippen LogP contribution < -0.4 is 5.73 Å². The van der Waals surface area contributed by atoms with Gasteiger partial charge in [0, 0.05) is 17.4 Å². The molecule has 1 atom stereocenters. The molecule has 0 radical (unpaired) electrons. The van der Waals surface area contributed by atoms with Gasteiger partial charge in [-0.05, 0) is 30.3 Å². The summed E-state index contributed by atoms with van der Waals surface area (Å²) in [4.78, 5) is 14.6. The van der Waals surface area contributed by atoms with Crippen molar-refractivity contribution in [3.05, 3.63) is 64.3 Å². The van der Waals surface area contributed by atoms with E-state index < -0.39 is 36.3 Å². The molecule has 1 heterocycles. The number of carbonyl (C=O) groups excluding carboxylic acids is 1. The molecule has 0 aliphatic heterocycles. The molecule has 10 nitrogen and oxygen atoms in total. The summed E-state index contributed by atoms with van der Waals surface area (Å²) in [7, 11) is -8.53. The Hall–Kier alpha value is -2.80. The van der Waals surface area contributed by atoms with Crippen molar-refractivity contribution in [1.82, 2.24) is 4.98 Å². The minimum absolute atomic E-state index is 0.0276. The number of rotatable bonds is 3. The second-order valence-corrected chi connectivity index (χ2v) is 8.97. The zero-order chi connectivity index (χ0) is 20.9. The molecule has 1 aliphatic carbocycles. The number of nitrogens with zero attached hydrogens (tertiary/aromatic N) is 1. The molecule has 12 heteroatoms. The van der Waals surface area contributed by atoms with E-state index in [1.165, 1.54) is 37.5 Å². The van der Waals surface area contributed by atoms with Gasteiger partial charge in [-0.2, -0.15) is 21.4 Å². The molecule has 5 N–H and O–H groups in total. The number of amides is 1. The first-order chi connectivity index (χ1) is 12.9. The van der Waals surface area contributed by atoms with Gasteiger partial charge < -0.3 is 10.7 Å². The molecule has 1 unspecified atom stereocenters. The van der Waals surface area contributed by atoms with E-state index in [2.05, 4.69) is 4.98 Å². The quantitative estimate of drug-likeness (QED) is 0.314. The number of fused-ring (bicyclic) bond motifs is 1. The summed E-state index contributed by atoms with van der Waals surface area (Å²) in [6, 6.07) is 7.16. The number of nitrogen functional groups attached to an aromatic ring is 1. The first kappa shape index (κ1) is 19.9. The molecule has 0 saturated heterocycles. The smallest absolute Gasteiger partial charge is 0.398 e. The second kappa shape index (κ2) is 6.67. The van der Waals surface area contributed by atoms with Gasteiger partial charge in [-0.25, -0.2) is 4.79 Å². The van der Waals surface area contributed by atoms with E-state index in [0.717, 1.165) is 4.58 Å². The number of carbonyl (C=O) groups is 1. The van der Waals surface area contributed by atoms with Crippen molar-refractivity contribution in [1.29, 1.82) is 0 Å². The van der Waals surface area contributed by atoms with E-state index in [1.54, 1.807) is 6.07 Å². The summed E-state index contributed by atoms with van der Waals surface area (Å²) in [5.41, 5.74) is 5.57. The first-order valence-corrected chi connectivity index (χ1v) is 10.7. The van der Waals surface area contributed by atoms with Crippen LogP contribution in [-0.4, -0.2) is 54.2 Å². The number of nitrogens with two attached hydrogens (primary N) is 1. The number of nitrogens with one attached hydrogen (secondary N) is 1. The first-order valence-electron chi connectivity index (χ1n) is 7.76. The van der Waals surface area contributed by atoms with Crippen molar-refractivity contribution < 1.29 is 35.3 Å². The fourth-order valence-electron chi connectivity index (χ4n) is 3.07. The van der Waals surface area contributed by atoms with Crippen molar-refractivity contribution >= 4 is 37.5 Å². The van der Waals surface area contributed by atoms with Crippen molar-refractivity contribution in [2.75, 3.05) is 12.8 Å². The number of benzene rings is 1. The minimum Gasteiger partial charge on any atom is -0.398 e. The van der Waals surface area contributed by atoms with Crippen LogP contribution in [0.3, 0.4) is 0 Å². The lowest BCUT2D eigenvalue weighted by Crippen LogP contribution is -2.34. The average Bonchev–Trinajstić information content (AvgIpc) is 3.12. The van der Waals surface area contributed by atoms with Crippen LogP contribution in [0.15, 0.2) is 47.5 Å². The van der Waals surface area contributed by atoms with E-state index in [4.69, 9.17) is 5.73 Å². The maximum atomic E-state index is 12.7. The van der Waals surface area contributed by atoms with Gasteiger partial charge in [-0.3, -0.25) is 9.11 Å². The van der Waals surface area contributed by atoms with E-state index in [0.29, 0.717) is 6.08 Å². The van der Waals surface area contributed by atoms with Gasteiger partial charge in [0.1, 0.15) is 12.3 Å². The van der Waals surface area contributed by atoms with Crippen LogP contribution in [0, 0.1) is 0 Å². The Morgan fingerprint density at radius 3 is 2.36 bits per heavy atom. The van der Waals surface area contributed by atoms with Crippen molar-refractivity contribution in [2.24, 2.45) is 0 Å². The van der Waals surface area contributed by atoms with Gasteiger partial charge in [0.05, 0.1) is 5.56 Å². The highest BCUT2D eigenvalue weighted by atomic mass is 32.2. The van der Waals surface area contributed by atoms with E-state index in [1.807, 2.05) is 0 Å². The Morgan fingerprint density at radius 1 is 1.14 bits per heavy atom. The summed E-state index contributed by atoms with van der Waals surface area (Å²) in [5.74, 6) is -0.645. The van der Waals surface area contributed by atoms with Crippen LogP contribution in [-0.2, 0) is 20.2 Å². The lowest BCUT2D eigenvalue weighted by Gasteiger charge is -2.22. The lowest BCUT2D eigenvalue weighted by atomic mass is 9.92. The number of aromatic amines is 1. The maximum Gasteiger partial charge on any atom is 0.436 e. The Bertz CT molecular complexity index is 1240. The highest BCUT2D eigenvalue weighted by Gasteiger charge is 2.43. The number of allylic oxidation sites excluding steroid dienone is 1. The Balaban J connectivity index is 2.43. The third-order valence-corrected chi connectivity index (χ3v) is 6.18. The van der Waals surface area contributed by atoms with Crippen LogP contribution in [0.1, 0.15) is 26.9 Å². The number of anilines is 1. The monoisotopic (exact) mass is 426 g/mol. The van der Waals surface area contributed by atoms with Gasteiger partial charge in [0.15, 0.2) is 10.6 Å². The summed E-state index contributed by atoms with van der Waals surface area (Å²) in [5, 5.41) is -1.83. The maximum absolute atomic E-state index is 12.7. The molecular formula is C16H16N3O7S2+. The normalized spacial score (nSPS) is 19.0. The van der Waals surface area contributed by atoms with E-state index in [-0.39, 0.29) is 28.2 Å². The predicted octanol–water partition coefficient (Wildman–Crippen LogP) is 0.583. The van der Waals surface area contributed by atoms with Crippen LogP contribution >= 0.6 is 0 Å². The molecule has 2 aromatic rings. The molecule has 1 aliphatic rings. The summed E-state index contributed by atoms with van der Waals surface area (Å²) >= 11 is 0. The molecule has 3 rings (SSSR count). The molecule has 0 fully saturated rings. The third kappa shape index (κ3) is 3.38. The Morgan fingerprint density at radius 2 is 1.82 bits per heavy atom. The van der Waals surface area contributed by atoms with Crippen molar-refractivity contribution in [3.63, 3.8) is 0 Å². The van der Waals surface area contributed by atoms with Crippen LogP contribution in [0.2, 0.25) is 0 Å². The van der Waals surface area contributed by atoms with E-state index in [9.17, 15) is 30.7 Å². The zero-order valence-electron chi connectivity index (χ0n) is 14.4. The zero-order valence-corrected chi connectivity index (χ0v) is 16.0. The molecule has 1 amide bonds. The van der Waals surface area contributed by atoms with Gasteiger partial charge in [0.2, 0.25) is 5.71 Å². The standard InChI is InChI=1S/C16H15N3O7S2/c1-19(16(20)11-6-3-7-18-11)15-9-4-2-5-10(17)14(9)12(27(21,22)23)8-13(15)28(24,25)26/h2-8,12H,17H2,1H3,(H2-,18,20,21,22,23,24,25,26)/p+1. The predicted molar refractivity (Wildman–Crippen MR) is 100 cm³/mol. The highest BCUT2D eigenvalue weighted by Crippen LogP contribution is 2.38. The Labute approximate surface area is 160 Å². The Kier molecular flexibility index (Phi) is 4.75. The van der Waals surface area contributed by atoms with Crippen LogP contribution in [0.25, 0.3) is 0 Å². The molecule has 0 saturated carbocycles. The molecular weight excluding hydrogens is 410 g/mol. The van der Waals surface area contributed by atoms with Crippen molar-refractivity contribution in [3.8, 4) is 0 Å². The summed E-state index contributed by atoms with van der Waals surface area (Å²) in [6.07, 6.45) is 2.14. The number of H-pyrrole nitrogens is 1. The topological polar surface area (TPSA) is 171 Å². The number of hydrogen-bond donors (Lipinski definition) is 4. The fourth-order valence-corrected chi connectivity index (χ4v) is 4.83. The summed E-state index contributed by atoms with van der Waals surface area (Å²) in [6.45, 7) is 0. The lowest BCUT2D eigenvalue weighted by molar-refractivity contribution is -0.393. The van der Waals surface area contributed by atoms with Gasteiger partial charge in [-0.1, -0.05) is 6.07 Å².